The Bertz CT molecular complexity index is 408. The highest BCUT2D eigenvalue weighted by Gasteiger charge is 2.16. The molecule has 0 unspecified atom stereocenters. The molecular weight excluding hydrogens is 286 g/mol. The van der Waals surface area contributed by atoms with Gasteiger partial charge in [-0.1, -0.05) is 60.7 Å². The molecule has 0 heterocycles. The number of hydrogen-bond donors (Lipinski definition) is 0. The first-order chi connectivity index (χ1) is 8.16. The lowest BCUT2D eigenvalue weighted by atomic mass is 10.1. The molecule has 18 heavy (non-hydrogen) atoms. The number of nitrogens with zero attached hydrogens (tertiary/aromatic N) is 1. The molecule has 0 aromatic heterocycles. The summed E-state index contributed by atoms with van der Waals surface area (Å²) in [5.74, 6) is 0. The van der Waals surface area contributed by atoms with Crippen LogP contribution in [-0.2, 0) is 13.1 Å². The topological polar surface area (TPSA) is 0 Å². The summed E-state index contributed by atoms with van der Waals surface area (Å²) in [6.45, 7) is 2.13. The van der Waals surface area contributed by atoms with Crippen LogP contribution in [0.15, 0.2) is 60.7 Å². The van der Waals surface area contributed by atoms with Gasteiger partial charge in [-0.2, -0.15) is 0 Å². The van der Waals surface area contributed by atoms with Crippen molar-refractivity contribution in [2.75, 3.05) is 14.1 Å². The smallest absolute Gasteiger partial charge is 0.104 e. The second-order valence-corrected chi connectivity index (χ2v) is 5.22. The fourth-order valence-electron chi connectivity index (χ4n) is 2.21. The van der Waals surface area contributed by atoms with Crippen LogP contribution in [0.3, 0.4) is 0 Å². The zero-order valence-corrected chi connectivity index (χ0v) is 12.6. The Hall–Kier alpha value is -1.12. The predicted molar refractivity (Wildman–Crippen MR) is 72.4 cm³/mol. The summed E-state index contributed by atoms with van der Waals surface area (Å²) in [4.78, 5) is 0. The largest absolute Gasteiger partial charge is 1.00 e. The van der Waals surface area contributed by atoms with E-state index in [9.17, 15) is 0 Å². The Kier molecular flexibility index (Phi) is 5.57. The van der Waals surface area contributed by atoms with E-state index in [1.165, 1.54) is 11.1 Å². The van der Waals surface area contributed by atoms with Crippen molar-refractivity contribution in [1.29, 1.82) is 0 Å². The maximum Gasteiger partial charge on any atom is 0.104 e. The molecule has 0 spiro atoms. The fraction of sp³-hybridized carbons (Fsp3) is 0.250. The Morgan fingerprint density at radius 2 is 1.00 bits per heavy atom. The molecule has 0 atom stereocenters. The molecule has 1 nitrogen and oxygen atoms in total. The van der Waals surface area contributed by atoms with Gasteiger partial charge in [0.25, 0.3) is 0 Å². The summed E-state index contributed by atoms with van der Waals surface area (Å²) in [5.41, 5.74) is 2.79. The second-order valence-electron chi connectivity index (χ2n) is 5.22. The fourth-order valence-corrected chi connectivity index (χ4v) is 2.21. The molecule has 0 amide bonds. The van der Waals surface area contributed by atoms with Crippen molar-refractivity contribution in [3.63, 3.8) is 0 Å². The van der Waals surface area contributed by atoms with Crippen LogP contribution in [0.2, 0.25) is 0 Å². The lowest BCUT2D eigenvalue weighted by Crippen LogP contribution is -3.00. The Labute approximate surface area is 120 Å². The zero-order valence-electron chi connectivity index (χ0n) is 11.0. The van der Waals surface area contributed by atoms with E-state index in [4.69, 9.17) is 0 Å². The molecule has 0 aliphatic carbocycles. The number of halogens is 1. The van der Waals surface area contributed by atoms with Crippen LogP contribution in [0.4, 0.5) is 0 Å². The van der Waals surface area contributed by atoms with Crippen molar-refractivity contribution < 1.29 is 21.5 Å². The molecule has 0 radical (unpaired) electrons. The molecule has 0 bridgehead atoms. The van der Waals surface area contributed by atoms with Gasteiger partial charge >= 0.3 is 0 Å². The molecule has 0 aliphatic heterocycles. The molecule has 2 aromatic rings. The number of hydrogen-bond acceptors (Lipinski definition) is 0. The van der Waals surface area contributed by atoms with Crippen LogP contribution in [0.25, 0.3) is 0 Å². The van der Waals surface area contributed by atoms with Crippen LogP contribution in [0.1, 0.15) is 11.1 Å². The van der Waals surface area contributed by atoms with Gasteiger partial charge in [-0.3, -0.25) is 0 Å². The highest BCUT2D eigenvalue weighted by atomic mass is 79.9. The maximum atomic E-state index is 2.28. The molecule has 0 aliphatic rings. The van der Waals surface area contributed by atoms with Crippen LogP contribution < -0.4 is 17.0 Å². The van der Waals surface area contributed by atoms with Crippen molar-refractivity contribution >= 4 is 0 Å². The summed E-state index contributed by atoms with van der Waals surface area (Å²) in [6, 6.07) is 21.4. The third-order valence-corrected chi connectivity index (χ3v) is 2.91. The number of quaternary nitrogens is 1. The summed E-state index contributed by atoms with van der Waals surface area (Å²) < 4.78 is 0.980. The molecule has 0 N–H and O–H groups in total. The van der Waals surface area contributed by atoms with Gasteiger partial charge in [-0.05, 0) is 0 Å². The average molecular weight is 306 g/mol. The van der Waals surface area contributed by atoms with Gasteiger partial charge in [0, 0.05) is 11.1 Å². The lowest BCUT2D eigenvalue weighted by Gasteiger charge is -2.30. The van der Waals surface area contributed by atoms with Gasteiger partial charge in [0.15, 0.2) is 0 Å². The van der Waals surface area contributed by atoms with Crippen molar-refractivity contribution in [1.82, 2.24) is 0 Å². The van der Waals surface area contributed by atoms with Gasteiger partial charge < -0.3 is 21.5 Å². The Morgan fingerprint density at radius 3 is 1.33 bits per heavy atom. The minimum absolute atomic E-state index is 0. The van der Waals surface area contributed by atoms with E-state index in [2.05, 4.69) is 74.8 Å². The molecule has 96 valence electrons. The van der Waals surface area contributed by atoms with Crippen molar-refractivity contribution in [2.45, 2.75) is 13.1 Å². The lowest BCUT2D eigenvalue weighted by molar-refractivity contribution is -0.916. The first-order valence-electron chi connectivity index (χ1n) is 6.06. The van der Waals surface area contributed by atoms with Crippen LogP contribution >= 0.6 is 0 Å². The SMILES string of the molecule is C[N+](C)(Cc1ccccc1)Cc1ccccc1.[Br-]. The highest BCUT2D eigenvalue weighted by Crippen LogP contribution is 2.14. The predicted octanol–water partition coefficient (Wildman–Crippen LogP) is 0.467. The van der Waals surface area contributed by atoms with E-state index in [1.54, 1.807) is 0 Å². The van der Waals surface area contributed by atoms with Crippen LogP contribution in [0, 0.1) is 0 Å². The molecule has 0 fully saturated rings. The van der Waals surface area contributed by atoms with Gasteiger partial charge in [0.2, 0.25) is 0 Å². The Morgan fingerprint density at radius 1 is 0.667 bits per heavy atom. The van der Waals surface area contributed by atoms with Crippen LogP contribution in [-0.4, -0.2) is 18.6 Å². The van der Waals surface area contributed by atoms with Gasteiger partial charge in [-0.15, -0.1) is 0 Å². The number of rotatable bonds is 4. The van der Waals surface area contributed by atoms with Gasteiger partial charge in [0.1, 0.15) is 13.1 Å². The third kappa shape index (κ3) is 4.63. The first-order valence-corrected chi connectivity index (χ1v) is 6.06. The van der Waals surface area contributed by atoms with Crippen molar-refractivity contribution in [2.24, 2.45) is 0 Å². The first kappa shape index (κ1) is 14.9. The van der Waals surface area contributed by atoms with E-state index in [-0.39, 0.29) is 17.0 Å². The monoisotopic (exact) mass is 305 g/mol. The molecule has 0 saturated carbocycles. The van der Waals surface area contributed by atoms with Crippen molar-refractivity contribution in [3.8, 4) is 0 Å². The van der Waals surface area contributed by atoms with Crippen molar-refractivity contribution in [3.05, 3.63) is 71.8 Å². The summed E-state index contributed by atoms with van der Waals surface area (Å²) in [7, 11) is 4.56. The molecule has 2 rings (SSSR count). The summed E-state index contributed by atoms with van der Waals surface area (Å²) in [6.07, 6.45) is 0. The van der Waals surface area contributed by atoms with Crippen LogP contribution in [0.5, 0.6) is 0 Å². The Balaban J connectivity index is 0.00000162. The van der Waals surface area contributed by atoms with E-state index in [1.807, 2.05) is 0 Å². The average Bonchev–Trinajstić information content (AvgIpc) is 2.30. The summed E-state index contributed by atoms with van der Waals surface area (Å²) in [5, 5.41) is 0. The normalized spacial score (nSPS) is 10.8. The minimum Gasteiger partial charge on any atom is -1.00 e. The van der Waals surface area contributed by atoms with Gasteiger partial charge in [0.05, 0.1) is 14.1 Å². The maximum absolute atomic E-state index is 2.28. The van der Waals surface area contributed by atoms with E-state index in [0.717, 1.165) is 17.6 Å². The zero-order chi connectivity index (χ0) is 12.1. The molecular formula is C16H20BrN. The minimum atomic E-state index is 0. The molecule has 0 saturated heterocycles. The van der Waals surface area contributed by atoms with E-state index in [0.29, 0.717) is 0 Å². The second kappa shape index (κ2) is 6.72. The van der Waals surface area contributed by atoms with E-state index >= 15 is 0 Å². The molecule has 2 heteroatoms. The quantitative estimate of drug-likeness (QED) is 0.720. The number of benzene rings is 2. The highest BCUT2D eigenvalue weighted by molar-refractivity contribution is 5.15. The third-order valence-electron chi connectivity index (χ3n) is 2.91. The van der Waals surface area contributed by atoms with E-state index < -0.39 is 0 Å². The molecule has 2 aromatic carbocycles. The van der Waals surface area contributed by atoms with Gasteiger partial charge in [-0.25, -0.2) is 0 Å². The standard InChI is InChI=1S/C16H20N.BrH/c1-17(2,13-15-9-5-3-6-10-15)14-16-11-7-4-8-12-16;/h3-12H,13-14H2,1-2H3;1H/q+1;/p-1. The summed E-state index contributed by atoms with van der Waals surface area (Å²) >= 11 is 0.